The zero-order valence-electron chi connectivity index (χ0n) is 22.4. The first-order valence-electron chi connectivity index (χ1n) is 13.4. The standard InChI is InChI=1S/C35H38N2/c1-26-14-11-12-21-34(26)37(30-18-9-6-10-19-30)31-20-13-17-29(25-31)36-33-23-22-28(35(2,3)4)24-32(33)27-15-7-5-8-16-27/h5-23,25-26,32,34,36H,24H2,1-4H3. The van der Waals surface area contributed by atoms with Gasteiger partial charge in [-0.1, -0.05) is 118 Å². The first kappa shape index (κ1) is 24.9. The minimum atomic E-state index is 0.157. The fourth-order valence-electron chi connectivity index (χ4n) is 5.38. The summed E-state index contributed by atoms with van der Waals surface area (Å²) in [6.07, 6.45) is 14.6. The zero-order valence-corrected chi connectivity index (χ0v) is 22.4. The van der Waals surface area contributed by atoms with Crippen LogP contribution in [0.4, 0.5) is 17.1 Å². The molecule has 2 heteroatoms. The maximum atomic E-state index is 3.82. The third-order valence-corrected chi connectivity index (χ3v) is 7.55. The summed E-state index contributed by atoms with van der Waals surface area (Å²) < 4.78 is 0. The van der Waals surface area contributed by atoms with E-state index >= 15 is 0 Å². The van der Waals surface area contributed by atoms with Crippen LogP contribution in [-0.4, -0.2) is 6.04 Å². The Balaban J connectivity index is 1.50. The van der Waals surface area contributed by atoms with Crippen LogP contribution < -0.4 is 10.2 Å². The van der Waals surface area contributed by atoms with Crippen molar-refractivity contribution in [1.82, 2.24) is 0 Å². The van der Waals surface area contributed by atoms with E-state index in [2.05, 4.69) is 159 Å². The minimum Gasteiger partial charge on any atom is -0.358 e. The van der Waals surface area contributed by atoms with Gasteiger partial charge < -0.3 is 10.2 Å². The van der Waals surface area contributed by atoms with Crippen LogP contribution in [0.5, 0.6) is 0 Å². The number of anilines is 3. The first-order chi connectivity index (χ1) is 17.9. The molecule has 2 aliphatic rings. The number of nitrogens with one attached hydrogen (secondary N) is 1. The molecule has 3 atom stereocenters. The van der Waals surface area contributed by atoms with Gasteiger partial charge in [-0.2, -0.15) is 0 Å². The summed E-state index contributed by atoms with van der Waals surface area (Å²) in [4.78, 5) is 2.46. The van der Waals surface area contributed by atoms with Crippen LogP contribution in [0.25, 0.3) is 0 Å². The number of benzene rings is 3. The van der Waals surface area contributed by atoms with Gasteiger partial charge in [0.1, 0.15) is 0 Å². The van der Waals surface area contributed by atoms with Crippen molar-refractivity contribution >= 4 is 17.1 Å². The summed E-state index contributed by atoms with van der Waals surface area (Å²) in [7, 11) is 0. The zero-order chi connectivity index (χ0) is 25.8. The molecule has 2 nitrogen and oxygen atoms in total. The molecule has 3 aromatic rings. The van der Waals surface area contributed by atoms with Crippen LogP contribution >= 0.6 is 0 Å². The number of nitrogens with zero attached hydrogens (tertiary/aromatic N) is 1. The molecule has 0 radical (unpaired) electrons. The van der Waals surface area contributed by atoms with E-state index in [9.17, 15) is 0 Å². The van der Waals surface area contributed by atoms with Crippen molar-refractivity contribution in [2.45, 2.75) is 46.1 Å². The Morgan fingerprint density at radius 3 is 2.14 bits per heavy atom. The predicted octanol–water partition coefficient (Wildman–Crippen LogP) is 9.41. The number of hydrogen-bond acceptors (Lipinski definition) is 2. The molecule has 0 aromatic heterocycles. The fraction of sp³-hybridized carbons (Fsp3) is 0.257. The Morgan fingerprint density at radius 2 is 1.43 bits per heavy atom. The third kappa shape index (κ3) is 5.64. The number of rotatable bonds is 6. The highest BCUT2D eigenvalue weighted by molar-refractivity contribution is 5.70. The van der Waals surface area contributed by atoms with Crippen molar-refractivity contribution in [3.8, 4) is 0 Å². The van der Waals surface area contributed by atoms with Gasteiger partial charge in [-0.15, -0.1) is 0 Å². The smallest absolute Gasteiger partial charge is 0.0585 e. The molecule has 37 heavy (non-hydrogen) atoms. The molecule has 1 N–H and O–H groups in total. The summed E-state index contributed by atoms with van der Waals surface area (Å²) in [5, 5.41) is 3.82. The van der Waals surface area contributed by atoms with Gasteiger partial charge in [-0.3, -0.25) is 0 Å². The van der Waals surface area contributed by atoms with E-state index in [1.807, 2.05) is 0 Å². The van der Waals surface area contributed by atoms with Gasteiger partial charge in [-0.25, -0.2) is 0 Å². The van der Waals surface area contributed by atoms with Crippen LogP contribution in [0.3, 0.4) is 0 Å². The summed E-state index contributed by atoms with van der Waals surface area (Å²) >= 11 is 0. The van der Waals surface area contributed by atoms with Crippen molar-refractivity contribution in [2.75, 3.05) is 10.2 Å². The van der Waals surface area contributed by atoms with Crippen LogP contribution in [0.1, 0.15) is 45.6 Å². The number of para-hydroxylation sites is 1. The average molecular weight is 487 g/mol. The van der Waals surface area contributed by atoms with Crippen LogP contribution in [0, 0.1) is 11.3 Å². The Labute approximate surface area is 222 Å². The summed E-state index contributed by atoms with van der Waals surface area (Å²) in [6, 6.07) is 30.7. The van der Waals surface area contributed by atoms with E-state index in [1.54, 1.807) is 0 Å². The van der Waals surface area contributed by atoms with E-state index in [0.717, 1.165) is 12.1 Å². The first-order valence-corrected chi connectivity index (χ1v) is 13.4. The van der Waals surface area contributed by atoms with Gasteiger partial charge in [0.15, 0.2) is 0 Å². The Kier molecular flexibility index (Phi) is 7.19. The van der Waals surface area contributed by atoms with Gasteiger partial charge in [0.05, 0.1) is 6.04 Å². The average Bonchev–Trinajstić information content (AvgIpc) is 2.91. The summed E-state index contributed by atoms with van der Waals surface area (Å²) in [5.41, 5.74) is 7.75. The predicted molar refractivity (Wildman–Crippen MR) is 159 cm³/mol. The largest absolute Gasteiger partial charge is 0.358 e. The molecule has 0 aliphatic heterocycles. The molecule has 3 unspecified atom stereocenters. The molecule has 0 bridgehead atoms. The highest BCUT2D eigenvalue weighted by Crippen LogP contribution is 2.42. The van der Waals surface area contributed by atoms with Crippen LogP contribution in [0.2, 0.25) is 0 Å². The number of allylic oxidation sites excluding steroid dienone is 6. The molecule has 3 aromatic carbocycles. The van der Waals surface area contributed by atoms with Crippen LogP contribution in [0.15, 0.2) is 133 Å². The molecule has 0 spiro atoms. The van der Waals surface area contributed by atoms with Gasteiger partial charge in [-0.05, 0) is 59.7 Å². The monoisotopic (exact) mass is 486 g/mol. The molecule has 2 aliphatic carbocycles. The van der Waals surface area contributed by atoms with Gasteiger partial charge >= 0.3 is 0 Å². The molecule has 188 valence electrons. The molecule has 0 heterocycles. The van der Waals surface area contributed by atoms with Crippen molar-refractivity contribution in [3.63, 3.8) is 0 Å². The van der Waals surface area contributed by atoms with E-state index in [4.69, 9.17) is 0 Å². The lowest BCUT2D eigenvalue weighted by Crippen LogP contribution is -2.35. The van der Waals surface area contributed by atoms with Crippen molar-refractivity contribution in [3.05, 3.63) is 138 Å². The Bertz CT molecular complexity index is 1320. The van der Waals surface area contributed by atoms with Crippen molar-refractivity contribution in [2.24, 2.45) is 11.3 Å². The normalized spacial score (nSPS) is 21.2. The minimum absolute atomic E-state index is 0.157. The SMILES string of the molecule is CC1C=CC=CC1N(c1ccccc1)c1cccc(NC2=CC=C(C(C)(C)C)CC2c2ccccc2)c1. The second-order valence-corrected chi connectivity index (χ2v) is 11.2. The van der Waals surface area contributed by atoms with E-state index < -0.39 is 0 Å². The lowest BCUT2D eigenvalue weighted by atomic mass is 9.75. The summed E-state index contributed by atoms with van der Waals surface area (Å²) in [5.74, 6) is 0.715. The van der Waals surface area contributed by atoms with Crippen molar-refractivity contribution < 1.29 is 0 Å². The molecular formula is C35H38N2. The van der Waals surface area contributed by atoms with Gasteiger partial charge in [0.25, 0.3) is 0 Å². The maximum Gasteiger partial charge on any atom is 0.0585 e. The second-order valence-electron chi connectivity index (χ2n) is 11.2. The highest BCUT2D eigenvalue weighted by atomic mass is 15.2. The van der Waals surface area contributed by atoms with E-state index in [1.165, 1.54) is 28.2 Å². The maximum absolute atomic E-state index is 3.82. The van der Waals surface area contributed by atoms with E-state index in [-0.39, 0.29) is 11.5 Å². The topological polar surface area (TPSA) is 15.3 Å². The van der Waals surface area contributed by atoms with E-state index in [0.29, 0.717) is 11.8 Å². The highest BCUT2D eigenvalue weighted by Gasteiger charge is 2.28. The quantitative estimate of drug-likeness (QED) is 0.373. The molecular weight excluding hydrogens is 448 g/mol. The van der Waals surface area contributed by atoms with Gasteiger partial charge in [0, 0.05) is 28.7 Å². The fourth-order valence-corrected chi connectivity index (χ4v) is 5.38. The van der Waals surface area contributed by atoms with Gasteiger partial charge in [0.2, 0.25) is 0 Å². The molecule has 5 rings (SSSR count). The number of hydrogen-bond donors (Lipinski definition) is 1. The third-order valence-electron chi connectivity index (χ3n) is 7.55. The lowest BCUT2D eigenvalue weighted by Gasteiger charge is -2.36. The van der Waals surface area contributed by atoms with Crippen molar-refractivity contribution in [1.29, 1.82) is 0 Å². The molecule has 0 saturated heterocycles. The molecule has 0 saturated carbocycles. The molecule has 0 amide bonds. The second kappa shape index (κ2) is 10.7. The molecule has 0 fully saturated rings. The summed E-state index contributed by atoms with van der Waals surface area (Å²) in [6.45, 7) is 9.22. The lowest BCUT2D eigenvalue weighted by molar-refractivity contribution is 0.470. The Morgan fingerprint density at radius 1 is 0.757 bits per heavy atom. The Hall–Kier alpha value is -3.78. The van der Waals surface area contributed by atoms with Crippen LogP contribution in [-0.2, 0) is 0 Å².